The Labute approximate surface area is 95.8 Å². The third-order valence-electron chi connectivity index (χ3n) is 2.03. The molecule has 0 aromatic heterocycles. The fraction of sp³-hybridized carbons (Fsp3) is 0.417. The molecule has 0 aliphatic rings. The van der Waals surface area contributed by atoms with Gasteiger partial charge in [-0.15, -0.1) is 0 Å². The first-order chi connectivity index (χ1) is 7.77. The number of nitrogens with one attached hydrogen (secondary N) is 1. The fourth-order valence-corrected chi connectivity index (χ4v) is 1.22. The average molecular weight is 222 g/mol. The fourth-order valence-electron chi connectivity index (χ4n) is 1.22. The molecule has 4 nitrogen and oxygen atoms in total. The first kappa shape index (κ1) is 12.5. The second-order valence-electron chi connectivity index (χ2n) is 3.43. The van der Waals surface area contributed by atoms with E-state index in [2.05, 4.69) is 5.32 Å². The molecule has 0 fully saturated rings. The summed E-state index contributed by atoms with van der Waals surface area (Å²) in [6.45, 7) is 3.74. The third-order valence-corrected chi connectivity index (χ3v) is 2.03. The van der Waals surface area contributed by atoms with E-state index in [1.165, 1.54) is 0 Å². The number of anilines is 1. The molecule has 4 heteroatoms. The molecule has 1 rings (SSSR count). The maximum atomic E-state index is 11.5. The quantitative estimate of drug-likeness (QED) is 0.718. The zero-order valence-corrected chi connectivity index (χ0v) is 9.53. The summed E-state index contributed by atoms with van der Waals surface area (Å²) >= 11 is 0. The Morgan fingerprint density at radius 3 is 2.62 bits per heavy atom. The number of esters is 1. The van der Waals surface area contributed by atoms with Crippen LogP contribution in [-0.4, -0.2) is 25.7 Å². The van der Waals surface area contributed by atoms with Gasteiger partial charge >= 0.3 is 5.97 Å². The maximum absolute atomic E-state index is 11.5. The van der Waals surface area contributed by atoms with Gasteiger partial charge in [0.1, 0.15) is 0 Å². The summed E-state index contributed by atoms with van der Waals surface area (Å²) in [6, 6.07) is 7.18. The van der Waals surface area contributed by atoms with Crippen LogP contribution in [0.15, 0.2) is 24.3 Å². The number of benzene rings is 1. The minimum Gasteiger partial charge on any atom is -0.462 e. The molecule has 0 amide bonds. The molecule has 0 aliphatic carbocycles. The second kappa shape index (κ2) is 6.85. The van der Waals surface area contributed by atoms with Crippen molar-refractivity contribution in [3.8, 4) is 0 Å². The zero-order chi connectivity index (χ0) is 11.8. The average Bonchev–Trinajstić information content (AvgIpc) is 2.34. The van der Waals surface area contributed by atoms with Gasteiger partial charge < -0.3 is 15.8 Å². The number of hydrogen-bond acceptors (Lipinski definition) is 4. The normalized spacial score (nSPS) is 9.88. The Morgan fingerprint density at radius 2 is 2.06 bits per heavy atom. The van der Waals surface area contributed by atoms with Crippen LogP contribution in [0, 0.1) is 0 Å². The van der Waals surface area contributed by atoms with Crippen molar-refractivity contribution in [2.45, 2.75) is 13.3 Å². The van der Waals surface area contributed by atoms with E-state index in [-0.39, 0.29) is 5.97 Å². The Kier molecular flexibility index (Phi) is 5.36. The maximum Gasteiger partial charge on any atom is 0.338 e. The molecular formula is C12H18N2O2. The molecule has 0 unspecified atom stereocenters. The molecule has 3 N–H and O–H groups in total. The summed E-state index contributed by atoms with van der Waals surface area (Å²) < 4.78 is 5.02. The first-order valence-electron chi connectivity index (χ1n) is 5.49. The first-order valence-corrected chi connectivity index (χ1v) is 5.49. The van der Waals surface area contributed by atoms with Gasteiger partial charge in [0.15, 0.2) is 0 Å². The number of ether oxygens (including phenoxy) is 1. The van der Waals surface area contributed by atoms with Crippen molar-refractivity contribution in [1.29, 1.82) is 0 Å². The number of nitrogens with two attached hydrogens (primary N) is 1. The standard InChI is InChI=1S/C12H18N2O2/c1-2-9-16-12(15)10-3-5-11(6-4-10)14-8-7-13/h3-6,14H,2,7-9,13H2,1H3. The van der Waals surface area contributed by atoms with Gasteiger partial charge in [0, 0.05) is 18.8 Å². The predicted octanol–water partition coefficient (Wildman–Crippen LogP) is 1.62. The molecule has 16 heavy (non-hydrogen) atoms. The van der Waals surface area contributed by atoms with Gasteiger partial charge in [0.2, 0.25) is 0 Å². The zero-order valence-electron chi connectivity index (χ0n) is 9.53. The van der Waals surface area contributed by atoms with Crippen molar-refractivity contribution in [3.05, 3.63) is 29.8 Å². The van der Waals surface area contributed by atoms with E-state index in [1.54, 1.807) is 12.1 Å². The van der Waals surface area contributed by atoms with E-state index >= 15 is 0 Å². The molecule has 88 valence electrons. The highest BCUT2D eigenvalue weighted by molar-refractivity contribution is 5.89. The van der Waals surface area contributed by atoms with Gasteiger partial charge in [-0.25, -0.2) is 4.79 Å². The number of carbonyl (C=O) groups excluding carboxylic acids is 1. The molecular weight excluding hydrogens is 204 g/mol. The van der Waals surface area contributed by atoms with Crippen molar-refractivity contribution >= 4 is 11.7 Å². The molecule has 0 saturated heterocycles. The van der Waals surface area contributed by atoms with Gasteiger partial charge in [-0.1, -0.05) is 6.92 Å². The van der Waals surface area contributed by atoms with Crippen LogP contribution in [0.4, 0.5) is 5.69 Å². The van der Waals surface area contributed by atoms with E-state index in [1.807, 2.05) is 19.1 Å². The van der Waals surface area contributed by atoms with E-state index < -0.39 is 0 Å². The largest absolute Gasteiger partial charge is 0.462 e. The van der Waals surface area contributed by atoms with E-state index in [0.29, 0.717) is 18.7 Å². The highest BCUT2D eigenvalue weighted by Gasteiger charge is 2.05. The van der Waals surface area contributed by atoms with Crippen molar-refractivity contribution in [2.75, 3.05) is 25.0 Å². The van der Waals surface area contributed by atoms with Crippen molar-refractivity contribution < 1.29 is 9.53 Å². The highest BCUT2D eigenvalue weighted by atomic mass is 16.5. The topological polar surface area (TPSA) is 64.3 Å². The lowest BCUT2D eigenvalue weighted by atomic mass is 10.2. The van der Waals surface area contributed by atoms with Crippen LogP contribution >= 0.6 is 0 Å². The molecule has 0 radical (unpaired) electrons. The van der Waals surface area contributed by atoms with Crippen LogP contribution in [0.5, 0.6) is 0 Å². The Bertz CT molecular complexity index is 322. The molecule has 0 heterocycles. The third kappa shape index (κ3) is 3.90. The molecule has 0 saturated carbocycles. The summed E-state index contributed by atoms with van der Waals surface area (Å²) in [5, 5.41) is 3.13. The molecule has 0 spiro atoms. The Balaban J connectivity index is 2.53. The molecule has 1 aromatic carbocycles. The van der Waals surface area contributed by atoms with Gasteiger partial charge in [0.25, 0.3) is 0 Å². The van der Waals surface area contributed by atoms with Crippen LogP contribution < -0.4 is 11.1 Å². The summed E-state index contributed by atoms with van der Waals surface area (Å²) in [6.07, 6.45) is 0.835. The van der Waals surface area contributed by atoms with Gasteiger partial charge in [0.05, 0.1) is 12.2 Å². The molecule has 0 aliphatic heterocycles. The lowest BCUT2D eigenvalue weighted by molar-refractivity contribution is 0.0505. The lowest BCUT2D eigenvalue weighted by Crippen LogP contribution is -2.13. The number of rotatable bonds is 6. The minimum atomic E-state index is -0.271. The van der Waals surface area contributed by atoms with Crippen LogP contribution in [-0.2, 0) is 4.74 Å². The van der Waals surface area contributed by atoms with Crippen LogP contribution in [0.2, 0.25) is 0 Å². The van der Waals surface area contributed by atoms with E-state index in [9.17, 15) is 4.79 Å². The molecule has 0 atom stereocenters. The molecule has 0 bridgehead atoms. The van der Waals surface area contributed by atoms with Crippen LogP contribution in [0.1, 0.15) is 23.7 Å². The Hall–Kier alpha value is -1.55. The lowest BCUT2D eigenvalue weighted by Gasteiger charge is -2.06. The predicted molar refractivity (Wildman–Crippen MR) is 64.6 cm³/mol. The number of hydrogen-bond donors (Lipinski definition) is 2. The van der Waals surface area contributed by atoms with Crippen molar-refractivity contribution in [3.63, 3.8) is 0 Å². The van der Waals surface area contributed by atoms with Gasteiger partial charge in [-0.2, -0.15) is 0 Å². The summed E-state index contributed by atoms with van der Waals surface area (Å²) in [4.78, 5) is 11.5. The minimum absolute atomic E-state index is 0.271. The van der Waals surface area contributed by atoms with Crippen LogP contribution in [0.25, 0.3) is 0 Å². The van der Waals surface area contributed by atoms with Crippen LogP contribution in [0.3, 0.4) is 0 Å². The summed E-state index contributed by atoms with van der Waals surface area (Å²) in [5.74, 6) is -0.271. The van der Waals surface area contributed by atoms with Crippen molar-refractivity contribution in [1.82, 2.24) is 0 Å². The smallest absolute Gasteiger partial charge is 0.338 e. The second-order valence-corrected chi connectivity index (χ2v) is 3.43. The Morgan fingerprint density at radius 1 is 1.38 bits per heavy atom. The van der Waals surface area contributed by atoms with E-state index in [0.717, 1.165) is 18.7 Å². The van der Waals surface area contributed by atoms with E-state index in [4.69, 9.17) is 10.5 Å². The highest BCUT2D eigenvalue weighted by Crippen LogP contribution is 2.10. The summed E-state index contributed by atoms with van der Waals surface area (Å²) in [5.41, 5.74) is 6.90. The molecule has 1 aromatic rings. The van der Waals surface area contributed by atoms with Gasteiger partial charge in [-0.05, 0) is 30.7 Å². The van der Waals surface area contributed by atoms with Gasteiger partial charge in [-0.3, -0.25) is 0 Å². The monoisotopic (exact) mass is 222 g/mol. The SMILES string of the molecule is CCCOC(=O)c1ccc(NCCN)cc1. The van der Waals surface area contributed by atoms with Crippen molar-refractivity contribution in [2.24, 2.45) is 5.73 Å². The number of carbonyl (C=O) groups is 1. The summed E-state index contributed by atoms with van der Waals surface area (Å²) in [7, 11) is 0.